The molecular formula is C10H15Cl2N3O. The molecule has 1 heterocycles. The second-order valence-electron chi connectivity index (χ2n) is 3.82. The fraction of sp³-hybridized carbons (Fsp3) is 0.600. The van der Waals surface area contributed by atoms with Gasteiger partial charge in [-0.05, 0) is 13.8 Å². The van der Waals surface area contributed by atoms with Crippen LogP contribution in [0.15, 0.2) is 17.2 Å². The largest absolute Gasteiger partial charge is 0.358 e. The molecule has 4 nitrogen and oxygen atoms in total. The van der Waals surface area contributed by atoms with Crippen LogP contribution in [0.3, 0.4) is 0 Å². The first-order valence-corrected chi connectivity index (χ1v) is 6.09. The number of aromatic nitrogens is 2. The third kappa shape index (κ3) is 2.89. The lowest BCUT2D eigenvalue weighted by Crippen LogP contribution is -2.41. The molecule has 0 aliphatic carbocycles. The van der Waals surface area contributed by atoms with E-state index in [4.69, 9.17) is 23.2 Å². The SMILES string of the molecule is CCn1ccnc(NC(C)(CCl)CCl)c1=O. The summed E-state index contributed by atoms with van der Waals surface area (Å²) in [7, 11) is 0. The molecule has 0 aliphatic heterocycles. The van der Waals surface area contributed by atoms with Gasteiger partial charge in [-0.1, -0.05) is 0 Å². The van der Waals surface area contributed by atoms with Gasteiger partial charge in [0.25, 0.3) is 5.56 Å². The Labute approximate surface area is 105 Å². The highest BCUT2D eigenvalue weighted by Gasteiger charge is 2.23. The van der Waals surface area contributed by atoms with Gasteiger partial charge in [-0.2, -0.15) is 0 Å². The van der Waals surface area contributed by atoms with Crippen molar-refractivity contribution in [3.8, 4) is 0 Å². The van der Waals surface area contributed by atoms with E-state index < -0.39 is 5.54 Å². The van der Waals surface area contributed by atoms with Crippen molar-refractivity contribution in [2.45, 2.75) is 25.9 Å². The second kappa shape index (κ2) is 5.55. The van der Waals surface area contributed by atoms with E-state index in [2.05, 4.69) is 10.3 Å². The third-order valence-corrected chi connectivity index (χ3v) is 3.44. The van der Waals surface area contributed by atoms with Gasteiger partial charge in [-0.25, -0.2) is 4.98 Å². The number of hydrogen-bond donors (Lipinski definition) is 1. The van der Waals surface area contributed by atoms with Crippen molar-refractivity contribution in [1.29, 1.82) is 0 Å². The summed E-state index contributed by atoms with van der Waals surface area (Å²) >= 11 is 11.6. The fourth-order valence-corrected chi connectivity index (χ4v) is 1.59. The molecule has 0 saturated heterocycles. The Bertz CT molecular complexity index is 401. The first-order valence-electron chi connectivity index (χ1n) is 5.02. The number of alkyl halides is 2. The predicted molar refractivity (Wildman–Crippen MR) is 67.6 cm³/mol. The van der Waals surface area contributed by atoms with Crippen molar-refractivity contribution >= 4 is 29.0 Å². The number of rotatable bonds is 5. The maximum atomic E-state index is 11.9. The lowest BCUT2D eigenvalue weighted by atomic mass is 10.1. The summed E-state index contributed by atoms with van der Waals surface area (Å²) in [5.41, 5.74) is -0.686. The maximum absolute atomic E-state index is 11.9. The number of halogens is 2. The number of anilines is 1. The minimum atomic E-state index is -0.526. The highest BCUT2D eigenvalue weighted by atomic mass is 35.5. The predicted octanol–water partition coefficient (Wildman–Crippen LogP) is 1.91. The van der Waals surface area contributed by atoms with Gasteiger partial charge >= 0.3 is 0 Å². The number of nitrogens with one attached hydrogen (secondary N) is 1. The van der Waals surface area contributed by atoms with Gasteiger partial charge in [-0.15, -0.1) is 23.2 Å². The Balaban J connectivity index is 3.02. The Morgan fingerprint density at radius 1 is 1.50 bits per heavy atom. The first kappa shape index (κ1) is 13.3. The van der Waals surface area contributed by atoms with E-state index in [9.17, 15) is 4.79 Å². The van der Waals surface area contributed by atoms with E-state index in [1.165, 1.54) is 0 Å². The molecule has 16 heavy (non-hydrogen) atoms. The molecule has 1 aromatic rings. The van der Waals surface area contributed by atoms with Crippen LogP contribution >= 0.6 is 23.2 Å². The normalized spacial score (nSPS) is 11.5. The average Bonchev–Trinajstić information content (AvgIpc) is 2.32. The minimum absolute atomic E-state index is 0.161. The van der Waals surface area contributed by atoms with Crippen LogP contribution in [-0.2, 0) is 6.54 Å². The third-order valence-electron chi connectivity index (χ3n) is 2.26. The molecule has 1 aromatic heterocycles. The summed E-state index contributed by atoms with van der Waals surface area (Å²) in [6, 6.07) is 0. The molecule has 0 unspecified atom stereocenters. The number of nitrogens with zero attached hydrogens (tertiary/aromatic N) is 2. The summed E-state index contributed by atoms with van der Waals surface area (Å²) in [6.45, 7) is 4.35. The molecule has 0 spiro atoms. The minimum Gasteiger partial charge on any atom is -0.358 e. The molecule has 90 valence electrons. The zero-order valence-corrected chi connectivity index (χ0v) is 10.8. The zero-order valence-electron chi connectivity index (χ0n) is 9.33. The lowest BCUT2D eigenvalue weighted by Gasteiger charge is -2.26. The molecule has 0 radical (unpaired) electrons. The molecule has 0 aromatic carbocycles. The molecule has 6 heteroatoms. The monoisotopic (exact) mass is 263 g/mol. The Hall–Kier alpha value is -0.740. The van der Waals surface area contributed by atoms with Crippen LogP contribution in [0.1, 0.15) is 13.8 Å². The smallest absolute Gasteiger partial charge is 0.293 e. The molecular weight excluding hydrogens is 249 g/mol. The van der Waals surface area contributed by atoms with Crippen LogP contribution in [0.2, 0.25) is 0 Å². The molecule has 1 N–H and O–H groups in total. The summed E-state index contributed by atoms with van der Waals surface area (Å²) in [5, 5.41) is 2.99. The first-order chi connectivity index (χ1) is 7.56. The molecule has 1 rings (SSSR count). The van der Waals surface area contributed by atoms with Crippen molar-refractivity contribution in [3.05, 3.63) is 22.7 Å². The van der Waals surface area contributed by atoms with Crippen LogP contribution < -0.4 is 10.9 Å². The van der Waals surface area contributed by atoms with Gasteiger partial charge in [0.15, 0.2) is 5.82 Å². The fourth-order valence-electron chi connectivity index (χ4n) is 1.17. The van der Waals surface area contributed by atoms with Gasteiger partial charge in [0.2, 0.25) is 0 Å². The van der Waals surface area contributed by atoms with Crippen LogP contribution in [0.25, 0.3) is 0 Å². The van der Waals surface area contributed by atoms with Gasteiger partial charge in [0.1, 0.15) is 0 Å². The van der Waals surface area contributed by atoms with E-state index >= 15 is 0 Å². The average molecular weight is 264 g/mol. The van der Waals surface area contributed by atoms with Crippen molar-refractivity contribution in [3.63, 3.8) is 0 Å². The highest BCUT2D eigenvalue weighted by Crippen LogP contribution is 2.13. The van der Waals surface area contributed by atoms with E-state index in [1.807, 2.05) is 13.8 Å². The van der Waals surface area contributed by atoms with Crippen LogP contribution in [0.4, 0.5) is 5.82 Å². The number of hydrogen-bond acceptors (Lipinski definition) is 3. The lowest BCUT2D eigenvalue weighted by molar-refractivity contribution is 0.635. The molecule has 0 saturated carbocycles. The van der Waals surface area contributed by atoms with Crippen molar-refractivity contribution in [2.24, 2.45) is 0 Å². The summed E-state index contributed by atoms with van der Waals surface area (Å²) < 4.78 is 1.57. The highest BCUT2D eigenvalue weighted by molar-refractivity contribution is 6.22. The van der Waals surface area contributed by atoms with Crippen LogP contribution in [-0.4, -0.2) is 26.9 Å². The van der Waals surface area contributed by atoms with E-state index in [1.54, 1.807) is 17.0 Å². The van der Waals surface area contributed by atoms with Gasteiger partial charge < -0.3 is 9.88 Å². The van der Waals surface area contributed by atoms with Crippen LogP contribution in [0, 0.1) is 0 Å². The number of aryl methyl sites for hydroxylation is 1. The quantitative estimate of drug-likeness (QED) is 0.826. The molecule has 0 amide bonds. The maximum Gasteiger partial charge on any atom is 0.293 e. The molecule has 0 bridgehead atoms. The standard InChI is InChI=1S/C10H15Cl2N3O/c1-3-15-5-4-13-8(9(15)16)14-10(2,6-11)7-12/h4-5H,3,6-7H2,1-2H3,(H,13,14). The second-order valence-corrected chi connectivity index (χ2v) is 4.35. The van der Waals surface area contributed by atoms with Gasteiger partial charge in [-0.3, -0.25) is 4.79 Å². The van der Waals surface area contributed by atoms with Crippen molar-refractivity contribution in [1.82, 2.24) is 9.55 Å². The van der Waals surface area contributed by atoms with Gasteiger partial charge in [0.05, 0.1) is 5.54 Å². The van der Waals surface area contributed by atoms with Gasteiger partial charge in [0, 0.05) is 30.7 Å². The summed E-state index contributed by atoms with van der Waals surface area (Å²) in [5.74, 6) is 0.894. The molecule has 0 fully saturated rings. The van der Waals surface area contributed by atoms with E-state index in [-0.39, 0.29) is 11.4 Å². The topological polar surface area (TPSA) is 46.9 Å². The van der Waals surface area contributed by atoms with E-state index in [0.29, 0.717) is 18.3 Å². The van der Waals surface area contributed by atoms with Crippen LogP contribution in [0.5, 0.6) is 0 Å². The summed E-state index contributed by atoms with van der Waals surface area (Å²) in [4.78, 5) is 15.9. The van der Waals surface area contributed by atoms with Crippen molar-refractivity contribution in [2.75, 3.05) is 17.1 Å². The Morgan fingerprint density at radius 2 is 2.12 bits per heavy atom. The Kier molecular flexibility index (Phi) is 4.62. The summed E-state index contributed by atoms with van der Waals surface area (Å²) in [6.07, 6.45) is 3.22. The Morgan fingerprint density at radius 3 is 2.62 bits per heavy atom. The van der Waals surface area contributed by atoms with E-state index in [0.717, 1.165) is 0 Å². The molecule has 0 aliphatic rings. The zero-order chi connectivity index (χ0) is 12.2. The van der Waals surface area contributed by atoms with Crippen molar-refractivity contribution < 1.29 is 0 Å². The molecule has 0 atom stereocenters.